The Morgan fingerprint density at radius 2 is 1.75 bits per heavy atom. The first kappa shape index (κ1) is 41.0. The number of aryl methyl sites for hydroxylation is 1. The first-order chi connectivity index (χ1) is 26.3. The number of unbranched alkanes of at least 4 members (excludes halogenated alkanes) is 2. The van der Waals surface area contributed by atoms with Gasteiger partial charge in [0.15, 0.2) is 16.9 Å². The lowest BCUT2D eigenvalue weighted by molar-refractivity contribution is -0.140. The number of carboxylic acid groups (broad SMARTS) is 1. The second-order valence-corrected chi connectivity index (χ2v) is 13.2. The molecule has 0 aliphatic rings. The highest BCUT2D eigenvalue weighted by molar-refractivity contribution is 7.48. The van der Waals surface area contributed by atoms with Crippen LogP contribution in [-0.4, -0.2) is 61.3 Å². The van der Waals surface area contributed by atoms with Gasteiger partial charge in [-0.25, -0.2) is 19.3 Å². The zero-order valence-corrected chi connectivity index (χ0v) is 30.3. The lowest BCUT2D eigenvalue weighted by Gasteiger charge is -2.15. The number of ether oxygens (including phenoxy) is 1. The van der Waals surface area contributed by atoms with E-state index in [2.05, 4.69) is 39.6 Å². The molecule has 1 atom stereocenters. The molecule has 0 fully saturated rings. The fraction of sp³-hybridized carbons (Fsp3) is 0.278. The summed E-state index contributed by atoms with van der Waals surface area (Å²) in [5, 5.41) is 15.3. The van der Waals surface area contributed by atoms with E-state index in [1.165, 1.54) is 30.5 Å². The number of fused-ring (bicyclic) bond motifs is 1. The molecule has 0 aliphatic carbocycles. The van der Waals surface area contributed by atoms with E-state index in [1.807, 2.05) is 0 Å². The Morgan fingerprint density at radius 3 is 2.44 bits per heavy atom. The third-order valence-electron chi connectivity index (χ3n) is 7.64. The standard InChI is InChI=1S/C36H36N7O11P/c1-4-51-55(50,52-5-2)53-18-8-6-7-9-28(44)26-15-10-22(3)19-29(26)54-30(45)17-16-27(35(48)49)41-33(46)23-11-13-24(14-12-23)38-20-25-21-39-32-31(40-25)34(47)43-36(37)42-32/h1-2,10-15,19,21,27,38H,6-9,16-18,20H2,3H3,(H,41,46)(H,48,49)(H3,37,39,42,43,47)/t27-/m0/s1. The third kappa shape index (κ3) is 12.1. The Morgan fingerprint density at radius 1 is 1.02 bits per heavy atom. The minimum atomic E-state index is -4.08. The number of phosphoric acid groups is 1. The van der Waals surface area contributed by atoms with Gasteiger partial charge in [-0.05, 0) is 68.1 Å². The quantitative estimate of drug-likeness (QED) is 0.0213. The number of esters is 1. The molecule has 55 heavy (non-hydrogen) atoms. The number of terminal acetylenes is 2. The molecule has 1 amide bonds. The molecule has 2 heterocycles. The highest BCUT2D eigenvalue weighted by Gasteiger charge is 2.28. The smallest absolute Gasteiger partial charge is 0.480 e. The van der Waals surface area contributed by atoms with Crippen LogP contribution in [0, 0.1) is 32.0 Å². The Bertz CT molecular complexity index is 2230. The summed E-state index contributed by atoms with van der Waals surface area (Å²) in [5.74, 6) is -3.21. The second kappa shape index (κ2) is 19.4. The minimum absolute atomic E-state index is 0.0188. The number of ketones is 1. The summed E-state index contributed by atoms with van der Waals surface area (Å²) in [7, 11) is -4.08. The monoisotopic (exact) mass is 773 g/mol. The van der Waals surface area contributed by atoms with Crippen molar-refractivity contribution < 1.29 is 47.2 Å². The second-order valence-electron chi connectivity index (χ2n) is 11.7. The maximum atomic E-state index is 13.0. The van der Waals surface area contributed by atoms with Crippen LogP contribution in [0.3, 0.4) is 0 Å². The van der Waals surface area contributed by atoms with Gasteiger partial charge < -0.3 is 35.3 Å². The summed E-state index contributed by atoms with van der Waals surface area (Å²) in [4.78, 5) is 77.5. The largest absolute Gasteiger partial charge is 0.604 e. The minimum Gasteiger partial charge on any atom is -0.480 e. The Hall–Kier alpha value is -6.75. The molecule has 6 N–H and O–H groups in total. The van der Waals surface area contributed by atoms with Crippen LogP contribution in [0.5, 0.6) is 5.75 Å². The molecule has 0 bridgehead atoms. The average Bonchev–Trinajstić information content (AvgIpc) is 3.14. The van der Waals surface area contributed by atoms with E-state index < -0.39 is 37.3 Å². The number of Topliss-reactive ketones (excluding diaryl/α,β-unsaturated/α-hetero) is 1. The van der Waals surface area contributed by atoms with Gasteiger partial charge in [0.05, 0.1) is 30.6 Å². The summed E-state index contributed by atoms with van der Waals surface area (Å²) in [5.41, 5.74) is 7.21. The molecular formula is C36H36N7O11P. The normalized spacial score (nSPS) is 11.4. The van der Waals surface area contributed by atoms with E-state index in [0.717, 1.165) is 0 Å². The number of anilines is 2. The third-order valence-corrected chi connectivity index (χ3v) is 8.79. The maximum absolute atomic E-state index is 13.0. The van der Waals surface area contributed by atoms with Gasteiger partial charge in [0.2, 0.25) is 5.95 Å². The summed E-state index contributed by atoms with van der Waals surface area (Å²) in [6.07, 6.45) is 15.5. The van der Waals surface area contributed by atoms with Crippen molar-refractivity contribution in [3.05, 3.63) is 81.4 Å². The lowest BCUT2D eigenvalue weighted by atomic mass is 10.0. The van der Waals surface area contributed by atoms with Gasteiger partial charge in [-0.2, -0.15) is 4.98 Å². The number of H-pyrrole nitrogens is 1. The van der Waals surface area contributed by atoms with Crippen LogP contribution >= 0.6 is 7.82 Å². The van der Waals surface area contributed by atoms with Crippen molar-refractivity contribution in [2.24, 2.45) is 0 Å². The SMILES string of the molecule is C#COP(=O)(OC#C)OCCCCCC(=O)c1ccc(C)cc1OC(=O)CC[C@H](NC(=O)c1ccc(NCc2cnc3nc(N)[nH]c(=O)c3n2)cc1)C(=O)O. The summed E-state index contributed by atoms with van der Waals surface area (Å²) in [6, 6.07) is 9.44. The summed E-state index contributed by atoms with van der Waals surface area (Å²) in [6.45, 7) is 1.87. The number of amides is 1. The molecule has 4 rings (SSSR count). The number of nitrogens with zero attached hydrogens (tertiary/aromatic N) is 3. The van der Waals surface area contributed by atoms with Crippen molar-refractivity contribution in [3.8, 4) is 30.8 Å². The van der Waals surface area contributed by atoms with Crippen LogP contribution < -0.4 is 26.7 Å². The molecule has 2 aromatic carbocycles. The van der Waals surface area contributed by atoms with Crippen molar-refractivity contribution in [2.75, 3.05) is 17.7 Å². The van der Waals surface area contributed by atoms with Crippen LogP contribution in [0.2, 0.25) is 0 Å². The van der Waals surface area contributed by atoms with Crippen LogP contribution in [0.25, 0.3) is 11.2 Å². The van der Waals surface area contributed by atoms with Gasteiger partial charge >= 0.3 is 19.8 Å². The average molecular weight is 774 g/mol. The number of phosphoric ester groups is 1. The number of rotatable bonds is 20. The predicted molar refractivity (Wildman–Crippen MR) is 197 cm³/mol. The van der Waals surface area contributed by atoms with E-state index in [9.17, 15) is 33.6 Å². The van der Waals surface area contributed by atoms with Crippen molar-refractivity contribution in [1.29, 1.82) is 0 Å². The molecule has 18 nitrogen and oxygen atoms in total. The molecular weight excluding hydrogens is 737 g/mol. The topological polar surface area (TPSA) is 264 Å². The predicted octanol–water partition coefficient (Wildman–Crippen LogP) is 3.87. The van der Waals surface area contributed by atoms with Crippen LogP contribution in [-0.2, 0) is 34.3 Å². The van der Waals surface area contributed by atoms with Gasteiger partial charge in [-0.3, -0.25) is 28.7 Å². The lowest BCUT2D eigenvalue weighted by Crippen LogP contribution is -2.41. The van der Waals surface area contributed by atoms with Crippen molar-refractivity contribution in [3.63, 3.8) is 0 Å². The molecule has 286 valence electrons. The molecule has 0 radical (unpaired) electrons. The van der Waals surface area contributed by atoms with E-state index in [1.54, 1.807) is 37.3 Å². The highest BCUT2D eigenvalue weighted by atomic mass is 31.2. The van der Waals surface area contributed by atoms with E-state index in [4.69, 9.17) is 27.8 Å². The number of carbonyl (C=O) groups is 4. The number of nitrogen functional groups attached to an aromatic ring is 1. The molecule has 19 heteroatoms. The van der Waals surface area contributed by atoms with E-state index in [-0.39, 0.29) is 72.2 Å². The molecule has 0 unspecified atom stereocenters. The van der Waals surface area contributed by atoms with Crippen molar-refractivity contribution >= 4 is 54.3 Å². The summed E-state index contributed by atoms with van der Waals surface area (Å²) >= 11 is 0. The van der Waals surface area contributed by atoms with Gasteiger partial charge in [0.1, 0.15) is 24.0 Å². The number of carbonyl (C=O) groups excluding carboxylic acids is 3. The van der Waals surface area contributed by atoms with Gasteiger partial charge in [-0.1, -0.05) is 25.3 Å². The number of carboxylic acids is 1. The number of hydrogen-bond donors (Lipinski definition) is 5. The Kier molecular flexibility index (Phi) is 14.4. The summed E-state index contributed by atoms with van der Waals surface area (Å²) < 4.78 is 31.6. The Labute approximate surface area is 314 Å². The molecule has 0 spiro atoms. The number of aromatic nitrogens is 4. The van der Waals surface area contributed by atoms with Gasteiger partial charge in [-0.15, -0.1) is 0 Å². The Balaban J connectivity index is 1.25. The van der Waals surface area contributed by atoms with E-state index in [0.29, 0.717) is 36.2 Å². The van der Waals surface area contributed by atoms with E-state index >= 15 is 0 Å². The first-order valence-corrected chi connectivity index (χ1v) is 18.0. The fourth-order valence-electron chi connectivity index (χ4n) is 4.94. The number of benzene rings is 2. The molecule has 0 saturated carbocycles. The fourth-order valence-corrected chi connectivity index (χ4v) is 5.70. The maximum Gasteiger partial charge on any atom is 0.604 e. The highest BCUT2D eigenvalue weighted by Crippen LogP contribution is 2.48. The number of aromatic amines is 1. The van der Waals surface area contributed by atoms with Crippen molar-refractivity contribution in [2.45, 2.75) is 58.0 Å². The van der Waals surface area contributed by atoms with Crippen LogP contribution in [0.1, 0.15) is 70.5 Å². The number of hydrogen-bond acceptors (Lipinski definition) is 15. The molecule has 0 aliphatic heterocycles. The van der Waals surface area contributed by atoms with Gasteiger partial charge in [0.25, 0.3) is 11.5 Å². The molecule has 0 saturated heterocycles. The first-order valence-electron chi connectivity index (χ1n) is 16.6. The molecule has 4 aromatic rings. The van der Waals surface area contributed by atoms with Crippen molar-refractivity contribution in [1.82, 2.24) is 25.3 Å². The zero-order valence-electron chi connectivity index (χ0n) is 29.4. The zero-order chi connectivity index (χ0) is 40.0. The van der Waals surface area contributed by atoms with Crippen LogP contribution in [0.15, 0.2) is 53.5 Å². The van der Waals surface area contributed by atoms with Gasteiger partial charge in [0, 0.05) is 24.1 Å². The van der Waals surface area contributed by atoms with Crippen LogP contribution in [0.4, 0.5) is 11.6 Å². The number of nitrogens with one attached hydrogen (secondary N) is 3. The number of aliphatic carboxylic acids is 1. The molecule has 2 aromatic heterocycles. The number of nitrogens with two attached hydrogens (primary N) is 1.